The van der Waals surface area contributed by atoms with Gasteiger partial charge in [-0.1, -0.05) is 0 Å². The van der Waals surface area contributed by atoms with Crippen LogP contribution in [0.15, 0.2) is 23.1 Å². The molecule has 0 spiro atoms. The minimum absolute atomic E-state index is 0.0818. The van der Waals surface area contributed by atoms with Crippen molar-refractivity contribution in [2.45, 2.75) is 24.2 Å². The van der Waals surface area contributed by atoms with Gasteiger partial charge in [0.1, 0.15) is 11.9 Å². The summed E-state index contributed by atoms with van der Waals surface area (Å²) in [4.78, 5) is 2.22. The van der Waals surface area contributed by atoms with Gasteiger partial charge in [0.15, 0.2) is 0 Å². The minimum atomic E-state index is -3.69. The van der Waals surface area contributed by atoms with Crippen LogP contribution in [0.3, 0.4) is 0 Å². The average Bonchev–Trinajstić information content (AvgIpc) is 2.97. The first-order valence-electron chi connectivity index (χ1n) is 6.94. The van der Waals surface area contributed by atoms with E-state index in [1.54, 1.807) is 6.07 Å². The number of sulfonamides is 1. The Morgan fingerprint density at radius 2 is 2.05 bits per heavy atom. The summed E-state index contributed by atoms with van der Waals surface area (Å²) in [5, 5.41) is 8.73. The maximum absolute atomic E-state index is 13.2. The monoisotopic (exact) mass is 311 g/mol. The van der Waals surface area contributed by atoms with E-state index in [1.807, 2.05) is 0 Å². The number of nitrogens with one attached hydrogen (secondary N) is 1. The molecule has 0 aromatic heterocycles. The van der Waals surface area contributed by atoms with E-state index in [9.17, 15) is 12.8 Å². The van der Waals surface area contributed by atoms with Crippen LogP contribution in [0.4, 0.5) is 4.39 Å². The van der Waals surface area contributed by atoms with Gasteiger partial charge in [-0.15, -0.1) is 0 Å². The largest absolute Gasteiger partial charge is 0.303 e. The molecule has 0 radical (unpaired) electrons. The molecule has 1 aliphatic rings. The van der Waals surface area contributed by atoms with Gasteiger partial charge in [0, 0.05) is 6.54 Å². The normalized spacial score (nSPS) is 16.0. The number of halogens is 1. The van der Waals surface area contributed by atoms with Crippen LogP contribution in [0, 0.1) is 17.1 Å². The minimum Gasteiger partial charge on any atom is -0.303 e. The Morgan fingerprint density at radius 3 is 2.71 bits per heavy atom. The van der Waals surface area contributed by atoms with E-state index in [0.717, 1.165) is 38.2 Å². The van der Waals surface area contributed by atoms with Gasteiger partial charge in [0.2, 0.25) is 10.0 Å². The van der Waals surface area contributed by atoms with Gasteiger partial charge in [-0.25, -0.2) is 17.5 Å². The highest BCUT2D eigenvalue weighted by Crippen LogP contribution is 2.14. The lowest BCUT2D eigenvalue weighted by molar-refractivity contribution is 0.334. The number of nitriles is 1. The third kappa shape index (κ3) is 4.24. The molecule has 0 saturated carbocycles. The van der Waals surface area contributed by atoms with Crippen LogP contribution in [0.2, 0.25) is 0 Å². The van der Waals surface area contributed by atoms with Crippen molar-refractivity contribution in [1.82, 2.24) is 9.62 Å². The molecule has 1 heterocycles. The van der Waals surface area contributed by atoms with E-state index < -0.39 is 15.8 Å². The summed E-state index contributed by atoms with van der Waals surface area (Å²) in [6, 6.07) is 4.85. The molecule has 1 N–H and O–H groups in total. The van der Waals surface area contributed by atoms with Crippen LogP contribution in [0.1, 0.15) is 24.8 Å². The number of likely N-dealkylation sites (tertiary alicyclic amines) is 1. The van der Waals surface area contributed by atoms with E-state index in [2.05, 4.69) is 9.62 Å². The number of hydrogen-bond donors (Lipinski definition) is 1. The van der Waals surface area contributed by atoms with E-state index in [1.165, 1.54) is 18.9 Å². The quantitative estimate of drug-likeness (QED) is 0.807. The molecule has 7 heteroatoms. The molecule has 5 nitrogen and oxygen atoms in total. The summed E-state index contributed by atoms with van der Waals surface area (Å²) >= 11 is 0. The highest BCUT2D eigenvalue weighted by Gasteiger charge is 2.16. The summed E-state index contributed by atoms with van der Waals surface area (Å²) in [6.45, 7) is 3.36. The maximum atomic E-state index is 13.2. The van der Waals surface area contributed by atoms with Crippen molar-refractivity contribution in [2.75, 3.05) is 26.2 Å². The van der Waals surface area contributed by atoms with Crippen molar-refractivity contribution in [3.63, 3.8) is 0 Å². The Kier molecular flexibility index (Phi) is 5.28. The van der Waals surface area contributed by atoms with Crippen molar-refractivity contribution < 1.29 is 12.8 Å². The highest BCUT2D eigenvalue weighted by atomic mass is 32.2. The Labute approximate surface area is 124 Å². The van der Waals surface area contributed by atoms with Gasteiger partial charge in [0.05, 0.1) is 10.5 Å². The van der Waals surface area contributed by atoms with Crippen molar-refractivity contribution in [3.05, 3.63) is 29.6 Å². The highest BCUT2D eigenvalue weighted by molar-refractivity contribution is 7.89. The second-order valence-corrected chi connectivity index (χ2v) is 6.82. The van der Waals surface area contributed by atoms with E-state index >= 15 is 0 Å². The van der Waals surface area contributed by atoms with Gasteiger partial charge in [0.25, 0.3) is 0 Å². The van der Waals surface area contributed by atoms with Gasteiger partial charge >= 0.3 is 0 Å². The number of rotatable bonds is 6. The van der Waals surface area contributed by atoms with Gasteiger partial charge in [-0.05, 0) is 57.1 Å². The molecule has 1 aliphatic heterocycles. The summed E-state index contributed by atoms with van der Waals surface area (Å²) in [6.07, 6.45) is 3.14. The fraction of sp³-hybridized carbons (Fsp3) is 0.500. The van der Waals surface area contributed by atoms with Crippen LogP contribution >= 0.6 is 0 Å². The number of hydrogen-bond acceptors (Lipinski definition) is 4. The van der Waals surface area contributed by atoms with Crippen LogP contribution in [0.5, 0.6) is 0 Å². The molecule has 1 aromatic carbocycles. The lowest BCUT2D eigenvalue weighted by Crippen LogP contribution is -2.28. The van der Waals surface area contributed by atoms with Crippen molar-refractivity contribution in [1.29, 1.82) is 5.26 Å². The standard InChI is InChI=1S/C14H18FN3O2S/c15-14-5-4-13(10-12(14)11-16)21(19,20)17-6-3-9-18-7-1-2-8-18/h4-5,10,17H,1-3,6-9H2. The molecule has 1 saturated heterocycles. The SMILES string of the molecule is N#Cc1cc(S(=O)(=O)NCCCN2CCCC2)ccc1F. The summed E-state index contributed by atoms with van der Waals surface area (Å²) in [5.74, 6) is -0.717. The first-order valence-corrected chi connectivity index (χ1v) is 8.43. The number of benzene rings is 1. The van der Waals surface area contributed by atoms with Crippen molar-refractivity contribution >= 4 is 10.0 Å². The first-order chi connectivity index (χ1) is 10.0. The second kappa shape index (κ2) is 6.98. The molecule has 0 bridgehead atoms. The predicted molar refractivity (Wildman–Crippen MR) is 76.6 cm³/mol. The van der Waals surface area contributed by atoms with Crippen LogP contribution in [-0.4, -0.2) is 39.5 Å². The fourth-order valence-electron chi connectivity index (χ4n) is 2.36. The fourth-order valence-corrected chi connectivity index (χ4v) is 3.46. The third-order valence-corrected chi connectivity index (χ3v) is 4.97. The lowest BCUT2D eigenvalue weighted by Gasteiger charge is -2.14. The van der Waals surface area contributed by atoms with Gasteiger partial charge in [-0.2, -0.15) is 5.26 Å². The topological polar surface area (TPSA) is 73.2 Å². The van der Waals surface area contributed by atoms with Crippen molar-refractivity contribution in [3.8, 4) is 6.07 Å². The molecule has 1 aromatic rings. The molecule has 0 aliphatic carbocycles. The Bertz CT molecular complexity index is 634. The van der Waals surface area contributed by atoms with Crippen LogP contribution < -0.4 is 4.72 Å². The summed E-state index contributed by atoms with van der Waals surface area (Å²) in [5.41, 5.74) is -0.269. The van der Waals surface area contributed by atoms with Crippen LogP contribution in [0.25, 0.3) is 0 Å². The molecule has 0 atom stereocenters. The summed E-state index contributed by atoms with van der Waals surface area (Å²) < 4.78 is 39.8. The first kappa shape index (κ1) is 15.9. The Morgan fingerprint density at radius 1 is 1.33 bits per heavy atom. The molecule has 114 valence electrons. The smallest absolute Gasteiger partial charge is 0.240 e. The molecule has 0 amide bonds. The zero-order valence-electron chi connectivity index (χ0n) is 11.7. The van der Waals surface area contributed by atoms with E-state index in [0.29, 0.717) is 6.54 Å². The molecule has 1 fully saturated rings. The van der Waals surface area contributed by atoms with Gasteiger partial charge in [-0.3, -0.25) is 0 Å². The maximum Gasteiger partial charge on any atom is 0.240 e. The lowest BCUT2D eigenvalue weighted by atomic mass is 10.2. The van der Waals surface area contributed by atoms with E-state index in [-0.39, 0.29) is 10.5 Å². The summed E-state index contributed by atoms with van der Waals surface area (Å²) in [7, 11) is -3.69. The zero-order chi connectivity index (χ0) is 15.3. The molecule has 21 heavy (non-hydrogen) atoms. The van der Waals surface area contributed by atoms with Crippen molar-refractivity contribution in [2.24, 2.45) is 0 Å². The molecular weight excluding hydrogens is 293 g/mol. The number of nitrogens with zero attached hydrogens (tertiary/aromatic N) is 2. The molecule has 0 unspecified atom stereocenters. The van der Waals surface area contributed by atoms with E-state index in [4.69, 9.17) is 5.26 Å². The predicted octanol–water partition coefficient (Wildman–Crippen LogP) is 1.46. The Balaban J connectivity index is 1.90. The third-order valence-electron chi connectivity index (χ3n) is 3.51. The average molecular weight is 311 g/mol. The second-order valence-electron chi connectivity index (χ2n) is 5.05. The Hall–Kier alpha value is -1.49. The van der Waals surface area contributed by atoms with Gasteiger partial charge < -0.3 is 4.90 Å². The zero-order valence-corrected chi connectivity index (χ0v) is 12.5. The van der Waals surface area contributed by atoms with Crippen LogP contribution in [-0.2, 0) is 10.0 Å². The molecular formula is C14H18FN3O2S. The molecule has 2 rings (SSSR count).